The van der Waals surface area contributed by atoms with Gasteiger partial charge in [-0.1, -0.05) is 52.8 Å². The largest absolute Gasteiger partial charge is 0.461 e. The summed E-state index contributed by atoms with van der Waals surface area (Å²) in [6, 6.07) is 7.22. The number of nitrogens with zero attached hydrogens (tertiary/aromatic N) is 1. The molecule has 5 aliphatic carbocycles. The zero-order valence-corrected chi connectivity index (χ0v) is 30.9. The number of piperidine rings is 1. The average Bonchev–Trinajstić information content (AvgIpc) is 3.46. The molecule has 0 aromatic heterocycles. The molecule has 1 aliphatic heterocycles. The maximum absolute atomic E-state index is 13.7. The van der Waals surface area contributed by atoms with Crippen LogP contribution in [0.1, 0.15) is 146 Å². The van der Waals surface area contributed by atoms with Gasteiger partial charge in [0.2, 0.25) is 0 Å². The lowest BCUT2D eigenvalue weighted by Crippen LogP contribution is -2.66. The Balaban J connectivity index is 1.13. The molecular weight excluding hydrogens is 594 g/mol. The molecule has 48 heavy (non-hydrogen) atoms. The Bertz CT molecular complexity index is 1440. The van der Waals surface area contributed by atoms with E-state index < -0.39 is 0 Å². The molecule has 1 N–H and O–H groups in total. The number of amides is 1. The van der Waals surface area contributed by atoms with Crippen molar-refractivity contribution in [1.82, 2.24) is 4.90 Å². The third-order valence-corrected chi connectivity index (χ3v) is 16.7. The molecule has 0 radical (unpaired) electrons. The lowest BCUT2D eigenvalue weighted by molar-refractivity contribution is -0.249. The van der Waals surface area contributed by atoms with Gasteiger partial charge in [0.15, 0.2) is 0 Å². The number of allylic oxidation sites excluding steroid dienone is 1. The van der Waals surface area contributed by atoms with E-state index in [0.717, 1.165) is 58.0 Å². The minimum absolute atomic E-state index is 0.0219. The second kappa shape index (κ2) is 12.0. The topological polar surface area (TPSA) is 66.8 Å². The van der Waals surface area contributed by atoms with E-state index in [1.54, 1.807) is 12.1 Å². The van der Waals surface area contributed by atoms with Crippen molar-refractivity contribution >= 4 is 11.9 Å². The summed E-state index contributed by atoms with van der Waals surface area (Å²) < 4.78 is 6.33. The number of carbonyl (C=O) groups is 2. The highest BCUT2D eigenvalue weighted by Crippen LogP contribution is 2.77. The monoisotopic (exact) mass is 657 g/mol. The average molecular weight is 658 g/mol. The van der Waals surface area contributed by atoms with Crippen LogP contribution in [0.15, 0.2) is 36.4 Å². The second-order valence-electron chi connectivity index (χ2n) is 18.9. The SMILES string of the molecule is C=C(C)[C@@H]1CC[C@]2(COC(=O)c3cccc(C(=O)N4CCCCC4)c3)CC[C@]3(C)[C@H](CC[C@@H]4[C@@]5(C)CC[C@H](O)C(C)(C)[C@@H]5CC[C@]43C)[C@@H]12. The van der Waals surface area contributed by atoms with Crippen LogP contribution >= 0.6 is 0 Å². The smallest absolute Gasteiger partial charge is 0.338 e. The minimum Gasteiger partial charge on any atom is -0.461 e. The maximum atomic E-state index is 13.7. The Labute approximate surface area is 290 Å². The highest BCUT2D eigenvalue weighted by Gasteiger charge is 2.71. The molecule has 10 atom stereocenters. The Morgan fingerprint density at radius 1 is 0.854 bits per heavy atom. The Morgan fingerprint density at radius 3 is 2.31 bits per heavy atom. The number of hydrogen-bond donors (Lipinski definition) is 1. The van der Waals surface area contributed by atoms with Gasteiger partial charge in [-0.3, -0.25) is 4.79 Å². The van der Waals surface area contributed by atoms with Crippen LogP contribution in [-0.4, -0.2) is 47.7 Å². The standard InChI is InChI=1S/C43H63NO4/c1-28(2)31-16-21-43(27-48-38(47)30-13-11-12-29(26-30)37(46)44-24-9-8-10-25-44)23-22-41(6)32(36(31)43)14-15-34-40(5)19-18-35(45)39(3,4)33(40)17-20-42(34,41)7/h11-13,26,31-36,45H,1,8-10,14-25,27H2,2-7H3/t31-,32+,33-,34+,35-,36+,40-,41+,42+,43+/m0/s1. The van der Waals surface area contributed by atoms with Crippen molar-refractivity contribution in [2.75, 3.05) is 19.7 Å². The van der Waals surface area contributed by atoms with E-state index in [9.17, 15) is 14.7 Å². The molecule has 0 spiro atoms. The van der Waals surface area contributed by atoms with Gasteiger partial charge in [-0.25, -0.2) is 4.79 Å². The molecule has 5 saturated carbocycles. The summed E-state index contributed by atoms with van der Waals surface area (Å²) in [5.74, 6) is 2.49. The van der Waals surface area contributed by atoms with Crippen LogP contribution in [0.2, 0.25) is 0 Å². The van der Waals surface area contributed by atoms with Gasteiger partial charge < -0.3 is 14.7 Å². The fourth-order valence-electron chi connectivity index (χ4n) is 13.9. The van der Waals surface area contributed by atoms with Gasteiger partial charge in [0.25, 0.3) is 5.91 Å². The highest BCUT2D eigenvalue weighted by molar-refractivity contribution is 5.98. The molecule has 6 aliphatic rings. The van der Waals surface area contributed by atoms with E-state index in [-0.39, 0.29) is 45.1 Å². The van der Waals surface area contributed by atoms with Gasteiger partial charge in [-0.2, -0.15) is 0 Å². The Morgan fingerprint density at radius 2 is 1.58 bits per heavy atom. The number of carbonyl (C=O) groups excluding carboxylic acids is 2. The molecule has 264 valence electrons. The lowest BCUT2D eigenvalue weighted by Gasteiger charge is -2.73. The first-order valence-electron chi connectivity index (χ1n) is 19.6. The fourth-order valence-corrected chi connectivity index (χ4v) is 13.9. The van der Waals surface area contributed by atoms with Crippen LogP contribution in [0.25, 0.3) is 0 Å². The number of esters is 1. The quantitative estimate of drug-likeness (QED) is 0.253. The number of aliphatic hydroxyl groups is 1. The summed E-state index contributed by atoms with van der Waals surface area (Å²) in [6.45, 7) is 21.4. The van der Waals surface area contributed by atoms with Gasteiger partial charge in [-0.05, 0) is 160 Å². The third-order valence-electron chi connectivity index (χ3n) is 16.7. The van der Waals surface area contributed by atoms with Crippen molar-refractivity contribution in [3.8, 4) is 0 Å². The van der Waals surface area contributed by atoms with E-state index in [4.69, 9.17) is 4.74 Å². The number of likely N-dealkylation sites (tertiary alicyclic amines) is 1. The molecular formula is C43H63NO4. The van der Waals surface area contributed by atoms with Crippen molar-refractivity contribution in [1.29, 1.82) is 0 Å². The maximum Gasteiger partial charge on any atom is 0.338 e. The first-order valence-corrected chi connectivity index (χ1v) is 19.6. The van der Waals surface area contributed by atoms with Gasteiger partial charge >= 0.3 is 5.97 Å². The molecule has 5 nitrogen and oxygen atoms in total. The molecule has 5 heteroatoms. The van der Waals surface area contributed by atoms with Crippen LogP contribution in [-0.2, 0) is 4.74 Å². The third kappa shape index (κ3) is 5.01. The molecule has 1 heterocycles. The van der Waals surface area contributed by atoms with E-state index >= 15 is 0 Å². The predicted molar refractivity (Wildman–Crippen MR) is 191 cm³/mol. The molecule has 1 saturated heterocycles. The summed E-state index contributed by atoms with van der Waals surface area (Å²) in [5, 5.41) is 11.1. The van der Waals surface area contributed by atoms with Crippen LogP contribution in [0.4, 0.5) is 0 Å². The number of benzene rings is 1. The van der Waals surface area contributed by atoms with Crippen LogP contribution in [0.5, 0.6) is 0 Å². The zero-order chi connectivity index (χ0) is 34.3. The lowest BCUT2D eigenvalue weighted by atomic mass is 9.32. The summed E-state index contributed by atoms with van der Waals surface area (Å²) in [6.07, 6.45) is 14.6. The molecule has 1 aromatic carbocycles. The highest BCUT2D eigenvalue weighted by atomic mass is 16.5. The second-order valence-corrected chi connectivity index (χ2v) is 18.9. The summed E-state index contributed by atoms with van der Waals surface area (Å²) in [4.78, 5) is 28.8. The zero-order valence-electron chi connectivity index (χ0n) is 30.9. The Kier molecular flexibility index (Phi) is 8.57. The molecule has 0 unspecified atom stereocenters. The molecule has 1 aromatic rings. The number of rotatable bonds is 5. The first kappa shape index (κ1) is 34.3. The number of fused-ring (bicyclic) bond motifs is 7. The van der Waals surface area contributed by atoms with Crippen molar-refractivity contribution in [3.05, 3.63) is 47.5 Å². The Hall–Kier alpha value is -2.14. The predicted octanol–water partition coefficient (Wildman–Crippen LogP) is 9.49. The van der Waals surface area contributed by atoms with Crippen molar-refractivity contribution < 1.29 is 19.4 Å². The van der Waals surface area contributed by atoms with Gasteiger partial charge in [-0.15, -0.1) is 0 Å². The van der Waals surface area contributed by atoms with E-state index in [1.807, 2.05) is 17.0 Å². The van der Waals surface area contributed by atoms with Crippen molar-refractivity contribution in [2.45, 2.75) is 131 Å². The van der Waals surface area contributed by atoms with Crippen molar-refractivity contribution in [3.63, 3.8) is 0 Å². The van der Waals surface area contributed by atoms with Crippen LogP contribution in [0.3, 0.4) is 0 Å². The van der Waals surface area contributed by atoms with Gasteiger partial charge in [0, 0.05) is 24.1 Å². The van der Waals surface area contributed by atoms with Gasteiger partial charge in [0.1, 0.15) is 0 Å². The van der Waals surface area contributed by atoms with E-state index in [2.05, 4.69) is 48.1 Å². The number of ether oxygens (including phenoxy) is 1. The molecule has 0 bridgehead atoms. The normalized spacial score (nSPS) is 43.3. The molecule has 7 rings (SSSR count). The summed E-state index contributed by atoms with van der Waals surface area (Å²) in [7, 11) is 0. The van der Waals surface area contributed by atoms with Crippen LogP contribution < -0.4 is 0 Å². The van der Waals surface area contributed by atoms with Crippen molar-refractivity contribution in [2.24, 2.45) is 56.7 Å². The van der Waals surface area contributed by atoms with Crippen LogP contribution in [0, 0.1) is 56.7 Å². The molecule has 6 fully saturated rings. The van der Waals surface area contributed by atoms with Gasteiger partial charge in [0.05, 0.1) is 18.3 Å². The summed E-state index contributed by atoms with van der Waals surface area (Å²) >= 11 is 0. The summed E-state index contributed by atoms with van der Waals surface area (Å²) in [5.41, 5.74) is 3.06. The molecule has 1 amide bonds. The first-order chi connectivity index (χ1) is 22.7. The minimum atomic E-state index is -0.299. The number of aliphatic hydroxyl groups excluding tert-OH is 1. The number of hydrogen-bond acceptors (Lipinski definition) is 4. The fraction of sp³-hybridized carbons (Fsp3) is 0.767. The van der Waals surface area contributed by atoms with E-state index in [0.29, 0.717) is 47.3 Å². The van der Waals surface area contributed by atoms with E-state index in [1.165, 1.54) is 44.1 Å².